The maximum absolute atomic E-state index is 5.25. The van der Waals surface area contributed by atoms with Gasteiger partial charge in [0, 0.05) is 23.9 Å². The highest BCUT2D eigenvalue weighted by Gasteiger charge is 2.03. The van der Waals surface area contributed by atoms with E-state index in [0.29, 0.717) is 11.5 Å². The molecule has 0 spiro atoms. The lowest BCUT2D eigenvalue weighted by Crippen LogP contribution is -1.95. The van der Waals surface area contributed by atoms with Crippen LogP contribution < -0.4 is 14.2 Å². The molecule has 110 valence electrons. The van der Waals surface area contributed by atoms with Crippen LogP contribution in [-0.2, 0) is 0 Å². The van der Waals surface area contributed by atoms with E-state index >= 15 is 0 Å². The molecule has 4 heteroatoms. The first-order valence-electron chi connectivity index (χ1n) is 6.59. The monoisotopic (exact) mass is 285 g/mol. The van der Waals surface area contributed by atoms with Crippen molar-refractivity contribution in [3.05, 3.63) is 48.0 Å². The number of hydrogen-bond donors (Lipinski definition) is 0. The maximum atomic E-state index is 5.25. The van der Waals surface area contributed by atoms with Crippen LogP contribution in [-0.4, -0.2) is 27.0 Å². The molecular weight excluding hydrogens is 266 g/mol. The number of hydrogen-bond acceptors (Lipinski definition) is 4. The molecule has 0 aromatic heterocycles. The first-order valence-corrected chi connectivity index (χ1v) is 6.59. The van der Waals surface area contributed by atoms with E-state index in [-0.39, 0.29) is 0 Å². The minimum absolute atomic E-state index is 0.714. The standard InChI is InChI=1S/C17H19NO3/c1-12(13-6-5-7-15(8-13)19-2)18-14-9-16(20-3)11-17(10-14)21-4/h5-11H,1-4H3. The molecule has 0 aliphatic heterocycles. The van der Waals surface area contributed by atoms with E-state index < -0.39 is 0 Å². The fraction of sp³-hybridized carbons (Fsp3) is 0.235. The zero-order chi connectivity index (χ0) is 15.2. The molecule has 0 bridgehead atoms. The Morgan fingerprint density at radius 3 is 2.00 bits per heavy atom. The van der Waals surface area contributed by atoms with Gasteiger partial charge in [-0.1, -0.05) is 12.1 Å². The molecule has 0 unspecified atom stereocenters. The molecule has 0 radical (unpaired) electrons. The third kappa shape index (κ3) is 3.75. The molecule has 0 aliphatic rings. The Bertz CT molecular complexity index is 628. The summed E-state index contributed by atoms with van der Waals surface area (Å²) in [5, 5.41) is 0. The van der Waals surface area contributed by atoms with Crippen molar-refractivity contribution in [2.24, 2.45) is 4.99 Å². The average Bonchev–Trinajstić information content (AvgIpc) is 2.54. The van der Waals surface area contributed by atoms with Crippen LogP contribution in [0.25, 0.3) is 0 Å². The van der Waals surface area contributed by atoms with Crippen LogP contribution in [0, 0.1) is 0 Å². The zero-order valence-corrected chi connectivity index (χ0v) is 12.7. The predicted octanol–water partition coefficient (Wildman–Crippen LogP) is 3.85. The summed E-state index contributed by atoms with van der Waals surface area (Å²) < 4.78 is 15.7. The van der Waals surface area contributed by atoms with Gasteiger partial charge in [-0.3, -0.25) is 4.99 Å². The number of aliphatic imine (C=N–C) groups is 1. The molecule has 0 saturated heterocycles. The van der Waals surface area contributed by atoms with Crippen LogP contribution in [0.2, 0.25) is 0 Å². The van der Waals surface area contributed by atoms with E-state index in [2.05, 4.69) is 4.99 Å². The molecule has 0 saturated carbocycles. The predicted molar refractivity (Wildman–Crippen MR) is 84.4 cm³/mol. The van der Waals surface area contributed by atoms with Crippen molar-refractivity contribution in [2.75, 3.05) is 21.3 Å². The van der Waals surface area contributed by atoms with Crippen molar-refractivity contribution in [1.82, 2.24) is 0 Å². The van der Waals surface area contributed by atoms with Gasteiger partial charge in [-0.25, -0.2) is 0 Å². The Hall–Kier alpha value is -2.49. The summed E-state index contributed by atoms with van der Waals surface area (Å²) in [5.41, 5.74) is 2.69. The third-order valence-electron chi connectivity index (χ3n) is 3.12. The van der Waals surface area contributed by atoms with Crippen molar-refractivity contribution in [3.8, 4) is 17.2 Å². The van der Waals surface area contributed by atoms with Crippen molar-refractivity contribution < 1.29 is 14.2 Å². The summed E-state index contributed by atoms with van der Waals surface area (Å²) in [7, 11) is 4.90. The van der Waals surface area contributed by atoms with Gasteiger partial charge < -0.3 is 14.2 Å². The number of methoxy groups -OCH3 is 3. The molecule has 0 fully saturated rings. The fourth-order valence-electron chi connectivity index (χ4n) is 1.96. The van der Waals surface area contributed by atoms with Crippen molar-refractivity contribution >= 4 is 11.4 Å². The van der Waals surface area contributed by atoms with E-state index in [0.717, 1.165) is 22.7 Å². The second-order valence-corrected chi connectivity index (χ2v) is 4.50. The second-order valence-electron chi connectivity index (χ2n) is 4.50. The molecule has 2 rings (SSSR count). The van der Waals surface area contributed by atoms with Gasteiger partial charge in [-0.2, -0.15) is 0 Å². The number of ether oxygens (including phenoxy) is 3. The number of rotatable bonds is 5. The van der Waals surface area contributed by atoms with Crippen LogP contribution >= 0.6 is 0 Å². The minimum Gasteiger partial charge on any atom is -0.497 e. The molecule has 2 aromatic carbocycles. The first kappa shape index (κ1) is 14.9. The highest BCUT2D eigenvalue weighted by atomic mass is 16.5. The molecule has 4 nitrogen and oxygen atoms in total. The average molecular weight is 285 g/mol. The number of benzene rings is 2. The normalized spacial score (nSPS) is 11.1. The molecule has 0 heterocycles. The number of nitrogens with zero attached hydrogens (tertiary/aromatic N) is 1. The largest absolute Gasteiger partial charge is 0.497 e. The van der Waals surface area contributed by atoms with Crippen LogP contribution in [0.4, 0.5) is 5.69 Å². The Balaban J connectivity index is 2.37. The van der Waals surface area contributed by atoms with Crippen LogP contribution in [0.1, 0.15) is 12.5 Å². The highest BCUT2D eigenvalue weighted by molar-refractivity contribution is 6.00. The van der Waals surface area contributed by atoms with Crippen molar-refractivity contribution in [1.29, 1.82) is 0 Å². The van der Waals surface area contributed by atoms with Gasteiger partial charge >= 0.3 is 0 Å². The quantitative estimate of drug-likeness (QED) is 0.783. The lowest BCUT2D eigenvalue weighted by Gasteiger charge is -2.07. The second kappa shape index (κ2) is 6.79. The van der Waals surface area contributed by atoms with Gasteiger partial charge in [0.15, 0.2) is 0 Å². The Morgan fingerprint density at radius 2 is 1.43 bits per heavy atom. The Morgan fingerprint density at radius 1 is 0.810 bits per heavy atom. The summed E-state index contributed by atoms with van der Waals surface area (Å²) in [6, 6.07) is 13.4. The summed E-state index contributed by atoms with van der Waals surface area (Å²) >= 11 is 0. The smallest absolute Gasteiger partial charge is 0.124 e. The summed E-state index contributed by atoms with van der Waals surface area (Å²) in [5.74, 6) is 2.24. The van der Waals surface area contributed by atoms with E-state index in [4.69, 9.17) is 14.2 Å². The molecule has 0 aliphatic carbocycles. The van der Waals surface area contributed by atoms with Crippen molar-refractivity contribution in [2.45, 2.75) is 6.92 Å². The van der Waals surface area contributed by atoms with Gasteiger partial charge in [-0.05, 0) is 24.6 Å². The SMILES string of the molecule is COc1cc(N=C(C)c2cccc(OC)c2)cc(OC)c1. The lowest BCUT2D eigenvalue weighted by molar-refractivity contribution is 0.394. The Labute approximate surface area is 125 Å². The molecule has 2 aromatic rings. The minimum atomic E-state index is 0.714. The summed E-state index contributed by atoms with van der Waals surface area (Å²) in [6.07, 6.45) is 0. The molecule has 0 amide bonds. The third-order valence-corrected chi connectivity index (χ3v) is 3.12. The molecule has 21 heavy (non-hydrogen) atoms. The van der Waals surface area contributed by atoms with Gasteiger partial charge in [-0.15, -0.1) is 0 Å². The van der Waals surface area contributed by atoms with Gasteiger partial charge in [0.25, 0.3) is 0 Å². The van der Waals surface area contributed by atoms with E-state index in [9.17, 15) is 0 Å². The van der Waals surface area contributed by atoms with Crippen LogP contribution in [0.3, 0.4) is 0 Å². The van der Waals surface area contributed by atoms with E-state index in [1.165, 1.54) is 0 Å². The summed E-state index contributed by atoms with van der Waals surface area (Å²) in [6.45, 7) is 1.96. The van der Waals surface area contributed by atoms with E-state index in [1.807, 2.05) is 49.4 Å². The molecule has 0 atom stereocenters. The maximum Gasteiger partial charge on any atom is 0.124 e. The van der Waals surface area contributed by atoms with Crippen LogP contribution in [0.5, 0.6) is 17.2 Å². The van der Waals surface area contributed by atoms with Gasteiger partial charge in [0.05, 0.1) is 27.0 Å². The van der Waals surface area contributed by atoms with E-state index in [1.54, 1.807) is 21.3 Å². The topological polar surface area (TPSA) is 40.0 Å². The highest BCUT2D eigenvalue weighted by Crippen LogP contribution is 2.28. The lowest BCUT2D eigenvalue weighted by atomic mass is 10.1. The van der Waals surface area contributed by atoms with Gasteiger partial charge in [0.1, 0.15) is 17.2 Å². The fourth-order valence-corrected chi connectivity index (χ4v) is 1.96. The van der Waals surface area contributed by atoms with Crippen molar-refractivity contribution in [3.63, 3.8) is 0 Å². The summed E-state index contributed by atoms with van der Waals surface area (Å²) in [4.78, 5) is 4.62. The first-order chi connectivity index (χ1) is 10.2. The molecule has 0 N–H and O–H groups in total. The Kier molecular flexibility index (Phi) is 4.82. The van der Waals surface area contributed by atoms with Gasteiger partial charge in [0.2, 0.25) is 0 Å². The molecular formula is C17H19NO3. The van der Waals surface area contributed by atoms with Crippen LogP contribution in [0.15, 0.2) is 47.5 Å². The zero-order valence-electron chi connectivity index (χ0n) is 12.7.